The molecule has 1 heterocycles. The van der Waals surface area contributed by atoms with Crippen LogP contribution in [0.15, 0.2) is 12.4 Å². The van der Waals surface area contributed by atoms with Crippen LogP contribution in [0.25, 0.3) is 0 Å². The number of aliphatic hydroxyl groups is 1. The molecule has 0 fully saturated rings. The zero-order valence-electron chi connectivity index (χ0n) is 10.8. The minimum atomic E-state index is -0.608. The lowest BCUT2D eigenvalue weighted by molar-refractivity contribution is 0.0444. The van der Waals surface area contributed by atoms with E-state index in [2.05, 4.69) is 16.2 Å². The first-order valence-electron chi connectivity index (χ1n) is 5.75. The first-order chi connectivity index (χ1) is 7.37. The van der Waals surface area contributed by atoms with Gasteiger partial charge in [0.2, 0.25) is 0 Å². The molecule has 0 atom stereocenters. The first-order valence-corrected chi connectivity index (χ1v) is 5.75. The van der Waals surface area contributed by atoms with Gasteiger partial charge in [0.25, 0.3) is 0 Å². The van der Waals surface area contributed by atoms with Gasteiger partial charge in [-0.1, -0.05) is 0 Å². The van der Waals surface area contributed by atoms with E-state index < -0.39 is 5.60 Å². The maximum Gasteiger partial charge on any atom is 0.0718 e. The number of aryl methyl sites for hydroxylation is 2. The van der Waals surface area contributed by atoms with Gasteiger partial charge in [-0.15, -0.1) is 0 Å². The van der Waals surface area contributed by atoms with Crippen molar-refractivity contribution in [2.24, 2.45) is 7.05 Å². The fourth-order valence-corrected chi connectivity index (χ4v) is 1.89. The van der Waals surface area contributed by atoms with Gasteiger partial charge in [0.1, 0.15) is 0 Å². The van der Waals surface area contributed by atoms with Gasteiger partial charge < -0.3 is 10.0 Å². The molecule has 4 nitrogen and oxygen atoms in total. The number of hydrogen-bond acceptors (Lipinski definition) is 3. The second kappa shape index (κ2) is 5.46. The predicted octanol–water partition coefficient (Wildman–Crippen LogP) is 1.06. The third kappa shape index (κ3) is 5.28. The van der Waals surface area contributed by atoms with Gasteiger partial charge >= 0.3 is 0 Å². The van der Waals surface area contributed by atoms with Gasteiger partial charge in [-0.2, -0.15) is 5.10 Å². The van der Waals surface area contributed by atoms with Gasteiger partial charge in [0.05, 0.1) is 11.8 Å². The first kappa shape index (κ1) is 13.2. The zero-order valence-corrected chi connectivity index (χ0v) is 10.8. The van der Waals surface area contributed by atoms with Crippen LogP contribution in [0.5, 0.6) is 0 Å². The SMILES string of the molecule is CN(CCCc1cnn(C)c1)CC(C)(C)O. The minimum absolute atomic E-state index is 0.608. The molecule has 0 saturated carbocycles. The van der Waals surface area contributed by atoms with E-state index in [4.69, 9.17) is 0 Å². The molecule has 92 valence electrons. The largest absolute Gasteiger partial charge is 0.389 e. The molecule has 16 heavy (non-hydrogen) atoms. The summed E-state index contributed by atoms with van der Waals surface area (Å²) in [5.41, 5.74) is 0.669. The lowest BCUT2D eigenvalue weighted by Gasteiger charge is -2.25. The Morgan fingerprint density at radius 3 is 2.69 bits per heavy atom. The van der Waals surface area contributed by atoms with Crippen LogP contribution in [0.3, 0.4) is 0 Å². The van der Waals surface area contributed by atoms with E-state index in [1.54, 1.807) is 0 Å². The summed E-state index contributed by atoms with van der Waals surface area (Å²) in [4.78, 5) is 2.16. The van der Waals surface area contributed by atoms with Crippen LogP contribution in [0.1, 0.15) is 25.8 Å². The van der Waals surface area contributed by atoms with Crippen molar-refractivity contribution in [3.8, 4) is 0 Å². The fraction of sp³-hybridized carbons (Fsp3) is 0.750. The van der Waals surface area contributed by atoms with Gasteiger partial charge in [0.15, 0.2) is 0 Å². The van der Waals surface area contributed by atoms with Crippen molar-refractivity contribution in [3.05, 3.63) is 18.0 Å². The molecule has 1 N–H and O–H groups in total. The second-order valence-electron chi connectivity index (χ2n) is 5.18. The summed E-state index contributed by atoms with van der Waals surface area (Å²) in [5, 5.41) is 13.8. The average Bonchev–Trinajstić information content (AvgIpc) is 2.48. The molecule has 0 saturated heterocycles. The third-order valence-corrected chi connectivity index (χ3v) is 2.42. The van der Waals surface area contributed by atoms with Gasteiger partial charge in [-0.3, -0.25) is 4.68 Å². The average molecular weight is 225 g/mol. The zero-order chi connectivity index (χ0) is 12.2. The van der Waals surface area contributed by atoms with Crippen LogP contribution in [0, 0.1) is 0 Å². The molecule has 1 rings (SSSR count). The molecule has 0 radical (unpaired) electrons. The van der Waals surface area contributed by atoms with E-state index in [1.165, 1.54) is 5.56 Å². The number of aromatic nitrogens is 2. The quantitative estimate of drug-likeness (QED) is 0.787. The van der Waals surface area contributed by atoms with E-state index in [9.17, 15) is 5.11 Å². The Hall–Kier alpha value is -0.870. The number of hydrogen-bond donors (Lipinski definition) is 1. The van der Waals surface area contributed by atoms with Gasteiger partial charge in [0, 0.05) is 19.8 Å². The summed E-state index contributed by atoms with van der Waals surface area (Å²) in [6, 6.07) is 0. The normalized spacial score (nSPS) is 12.4. The van der Waals surface area contributed by atoms with Crippen LogP contribution < -0.4 is 0 Å². The van der Waals surface area contributed by atoms with E-state index in [0.29, 0.717) is 6.54 Å². The Labute approximate surface area is 97.9 Å². The van der Waals surface area contributed by atoms with Crippen LogP contribution >= 0.6 is 0 Å². The van der Waals surface area contributed by atoms with Crippen LogP contribution in [0.4, 0.5) is 0 Å². The molecule has 0 aliphatic carbocycles. The second-order valence-corrected chi connectivity index (χ2v) is 5.18. The summed E-state index contributed by atoms with van der Waals surface area (Å²) in [6.07, 6.45) is 6.11. The molecule has 4 heteroatoms. The number of nitrogens with zero attached hydrogens (tertiary/aromatic N) is 3. The van der Waals surface area contributed by atoms with Gasteiger partial charge in [-0.25, -0.2) is 0 Å². The van der Waals surface area contributed by atoms with Crippen molar-refractivity contribution >= 4 is 0 Å². The molecular weight excluding hydrogens is 202 g/mol. The van der Waals surface area contributed by atoms with E-state index in [-0.39, 0.29) is 0 Å². The van der Waals surface area contributed by atoms with Crippen LogP contribution in [-0.2, 0) is 13.5 Å². The van der Waals surface area contributed by atoms with Crippen molar-refractivity contribution in [1.82, 2.24) is 14.7 Å². The monoisotopic (exact) mass is 225 g/mol. The lowest BCUT2D eigenvalue weighted by Crippen LogP contribution is -2.36. The Kier molecular flexibility index (Phi) is 4.50. The van der Waals surface area contributed by atoms with Crippen LogP contribution in [-0.4, -0.2) is 45.5 Å². The lowest BCUT2D eigenvalue weighted by atomic mass is 10.1. The molecule has 0 amide bonds. The summed E-state index contributed by atoms with van der Waals surface area (Å²) in [7, 11) is 3.98. The predicted molar refractivity (Wildman–Crippen MR) is 65.3 cm³/mol. The summed E-state index contributed by atoms with van der Waals surface area (Å²) < 4.78 is 1.83. The molecule has 0 unspecified atom stereocenters. The standard InChI is InChI=1S/C12H23N3O/c1-12(2,16)10-14(3)7-5-6-11-8-13-15(4)9-11/h8-9,16H,5-7,10H2,1-4H3. The fourth-order valence-electron chi connectivity index (χ4n) is 1.89. The van der Waals surface area contributed by atoms with Crippen molar-refractivity contribution in [3.63, 3.8) is 0 Å². The van der Waals surface area contributed by atoms with E-state index in [1.807, 2.05) is 38.8 Å². The molecule has 1 aromatic rings. The maximum absolute atomic E-state index is 9.65. The van der Waals surface area contributed by atoms with Crippen molar-refractivity contribution in [2.75, 3.05) is 20.1 Å². The molecule has 0 aliphatic rings. The molecule has 0 aromatic carbocycles. The van der Waals surface area contributed by atoms with Crippen molar-refractivity contribution in [1.29, 1.82) is 0 Å². The summed E-state index contributed by atoms with van der Waals surface area (Å²) in [5.74, 6) is 0. The number of likely N-dealkylation sites (N-methyl/N-ethyl adjacent to an activating group) is 1. The maximum atomic E-state index is 9.65. The minimum Gasteiger partial charge on any atom is -0.389 e. The molecule has 0 spiro atoms. The molecule has 1 aromatic heterocycles. The Morgan fingerprint density at radius 2 is 2.19 bits per heavy atom. The highest BCUT2D eigenvalue weighted by Gasteiger charge is 2.14. The molecular formula is C12H23N3O. The third-order valence-electron chi connectivity index (χ3n) is 2.42. The summed E-state index contributed by atoms with van der Waals surface area (Å²) >= 11 is 0. The van der Waals surface area contributed by atoms with E-state index in [0.717, 1.165) is 19.4 Å². The highest BCUT2D eigenvalue weighted by molar-refractivity contribution is 5.03. The smallest absolute Gasteiger partial charge is 0.0718 e. The van der Waals surface area contributed by atoms with Gasteiger partial charge in [-0.05, 0) is 45.8 Å². The van der Waals surface area contributed by atoms with E-state index >= 15 is 0 Å². The summed E-state index contributed by atoms with van der Waals surface area (Å²) in [6.45, 7) is 5.38. The number of rotatable bonds is 6. The highest BCUT2D eigenvalue weighted by atomic mass is 16.3. The molecule has 0 aliphatic heterocycles. The Morgan fingerprint density at radius 1 is 1.50 bits per heavy atom. The Balaban J connectivity index is 2.20. The topological polar surface area (TPSA) is 41.3 Å². The van der Waals surface area contributed by atoms with Crippen molar-refractivity contribution in [2.45, 2.75) is 32.3 Å². The van der Waals surface area contributed by atoms with Crippen molar-refractivity contribution < 1.29 is 5.11 Å². The Bertz CT molecular complexity index is 314. The van der Waals surface area contributed by atoms with Crippen LogP contribution in [0.2, 0.25) is 0 Å². The highest BCUT2D eigenvalue weighted by Crippen LogP contribution is 2.05. The molecule has 0 bridgehead atoms.